The smallest absolute Gasteiger partial charge is 0.242 e. The van der Waals surface area contributed by atoms with Crippen LogP contribution in [0.25, 0.3) is 0 Å². The van der Waals surface area contributed by atoms with Crippen molar-refractivity contribution in [1.82, 2.24) is 4.31 Å². The summed E-state index contributed by atoms with van der Waals surface area (Å²) in [6.45, 7) is 0.321. The molecule has 3 rings (SSSR count). The van der Waals surface area contributed by atoms with Crippen LogP contribution < -0.4 is 15.8 Å². The van der Waals surface area contributed by atoms with E-state index in [1.54, 1.807) is 24.3 Å². The van der Waals surface area contributed by atoms with Crippen molar-refractivity contribution in [3.63, 3.8) is 0 Å². The quantitative estimate of drug-likeness (QED) is 0.259. The van der Waals surface area contributed by atoms with Crippen LogP contribution in [0.3, 0.4) is 0 Å². The van der Waals surface area contributed by atoms with Crippen LogP contribution in [0.1, 0.15) is 5.56 Å². The average molecular weight is 552 g/mol. The van der Waals surface area contributed by atoms with E-state index in [-0.39, 0.29) is 34.8 Å². The summed E-state index contributed by atoms with van der Waals surface area (Å²) in [5, 5.41) is 3.03. The second-order valence-corrected chi connectivity index (χ2v) is 8.85. The molecule has 0 aliphatic heterocycles. The van der Waals surface area contributed by atoms with E-state index in [2.05, 4.69) is 10.3 Å². The highest BCUT2D eigenvalue weighted by molar-refractivity contribution is 14.0. The zero-order valence-electron chi connectivity index (χ0n) is 17.2. The third kappa shape index (κ3) is 6.94. The van der Waals surface area contributed by atoms with Gasteiger partial charge in [-0.1, -0.05) is 36.4 Å². The Morgan fingerprint density at radius 3 is 2.26 bits per heavy atom. The number of guanidine groups is 1. The summed E-state index contributed by atoms with van der Waals surface area (Å²) in [6.07, 6.45) is 0. The predicted octanol–water partition coefficient (Wildman–Crippen LogP) is 4.27. The van der Waals surface area contributed by atoms with Gasteiger partial charge in [-0.05, 0) is 42.0 Å². The Kier molecular flexibility index (Phi) is 8.84. The normalized spacial score (nSPS) is 11.6. The first-order valence-electron chi connectivity index (χ1n) is 9.26. The molecule has 0 saturated carbocycles. The van der Waals surface area contributed by atoms with Gasteiger partial charge in [0.15, 0.2) is 5.96 Å². The number of sulfonamides is 1. The Bertz CT molecular complexity index is 1120. The van der Waals surface area contributed by atoms with Gasteiger partial charge in [-0.3, -0.25) is 0 Å². The van der Waals surface area contributed by atoms with E-state index in [9.17, 15) is 8.42 Å². The van der Waals surface area contributed by atoms with Crippen molar-refractivity contribution in [3.8, 4) is 11.5 Å². The van der Waals surface area contributed by atoms with Crippen LogP contribution in [0, 0.1) is 0 Å². The molecule has 0 heterocycles. The fourth-order valence-corrected chi connectivity index (χ4v) is 3.51. The monoisotopic (exact) mass is 552 g/mol. The molecule has 0 spiro atoms. The van der Waals surface area contributed by atoms with Gasteiger partial charge in [-0.15, -0.1) is 24.0 Å². The number of benzene rings is 3. The maximum atomic E-state index is 12.1. The fourth-order valence-electron chi connectivity index (χ4n) is 2.60. The van der Waals surface area contributed by atoms with E-state index < -0.39 is 10.0 Å². The first-order chi connectivity index (χ1) is 14.3. The van der Waals surface area contributed by atoms with Crippen molar-refractivity contribution in [2.75, 3.05) is 19.4 Å². The van der Waals surface area contributed by atoms with Crippen LogP contribution in [-0.4, -0.2) is 32.8 Å². The summed E-state index contributed by atoms with van der Waals surface area (Å²) < 4.78 is 31.2. The number of hydrogen-bond donors (Lipinski definition) is 2. The minimum Gasteiger partial charge on any atom is -0.457 e. The van der Waals surface area contributed by atoms with Crippen molar-refractivity contribution >= 4 is 45.6 Å². The van der Waals surface area contributed by atoms with Crippen LogP contribution >= 0.6 is 24.0 Å². The average Bonchev–Trinajstić information content (AvgIpc) is 2.73. The lowest BCUT2D eigenvalue weighted by Crippen LogP contribution is -2.22. The molecular formula is C22H25IN4O3S. The summed E-state index contributed by atoms with van der Waals surface area (Å²) in [5.41, 5.74) is 7.58. The first kappa shape index (κ1) is 24.6. The molecule has 3 N–H and O–H groups in total. The number of nitrogens with two attached hydrogens (primary N) is 1. The molecule has 0 atom stereocenters. The number of para-hydroxylation sites is 1. The third-order valence-electron chi connectivity index (χ3n) is 4.22. The second kappa shape index (κ2) is 11.1. The number of hydrogen-bond acceptors (Lipinski definition) is 4. The summed E-state index contributed by atoms with van der Waals surface area (Å²) in [4.78, 5) is 4.55. The largest absolute Gasteiger partial charge is 0.457 e. The number of nitrogens with one attached hydrogen (secondary N) is 1. The van der Waals surface area contributed by atoms with Crippen molar-refractivity contribution in [1.29, 1.82) is 0 Å². The maximum Gasteiger partial charge on any atom is 0.242 e. The van der Waals surface area contributed by atoms with Gasteiger partial charge >= 0.3 is 0 Å². The lowest BCUT2D eigenvalue weighted by atomic mass is 10.2. The summed E-state index contributed by atoms with van der Waals surface area (Å²) in [7, 11) is -0.444. The number of halogens is 1. The number of aliphatic imine (C=N–C) groups is 1. The molecule has 3 aromatic rings. The molecule has 31 heavy (non-hydrogen) atoms. The molecule has 0 amide bonds. The van der Waals surface area contributed by atoms with Gasteiger partial charge in [-0.25, -0.2) is 17.7 Å². The number of anilines is 1. The predicted molar refractivity (Wildman–Crippen MR) is 135 cm³/mol. The molecule has 0 aliphatic rings. The van der Waals surface area contributed by atoms with E-state index in [1.807, 2.05) is 54.6 Å². The maximum absolute atomic E-state index is 12.1. The first-order valence-corrected chi connectivity index (χ1v) is 10.7. The molecule has 0 bridgehead atoms. The Morgan fingerprint density at radius 1 is 0.968 bits per heavy atom. The van der Waals surface area contributed by atoms with E-state index >= 15 is 0 Å². The molecule has 0 unspecified atom stereocenters. The standard InChI is InChI=1S/C22H24N4O3S.HI/c1-26(2)30(27,28)21-13-11-17(12-14-21)16-24-22(23)25-18-7-6-10-20(15-18)29-19-8-4-3-5-9-19;/h3-15H,16H2,1-2H3,(H3,23,24,25);1H. The number of ether oxygens (including phenoxy) is 1. The van der Waals surface area contributed by atoms with Crippen molar-refractivity contribution in [2.24, 2.45) is 10.7 Å². The SMILES string of the molecule is CN(C)S(=O)(=O)c1ccc(CN=C(N)Nc2cccc(Oc3ccccc3)c2)cc1.I. The highest BCUT2D eigenvalue weighted by Crippen LogP contribution is 2.23. The van der Waals surface area contributed by atoms with E-state index in [1.165, 1.54) is 18.4 Å². The Balaban J connectivity index is 0.00000341. The Morgan fingerprint density at radius 2 is 1.61 bits per heavy atom. The van der Waals surface area contributed by atoms with Gasteiger partial charge in [0.05, 0.1) is 11.4 Å². The van der Waals surface area contributed by atoms with E-state index in [0.717, 1.165) is 17.0 Å². The summed E-state index contributed by atoms with van der Waals surface area (Å²) >= 11 is 0. The highest BCUT2D eigenvalue weighted by Gasteiger charge is 2.16. The van der Waals surface area contributed by atoms with Gasteiger partial charge in [0, 0.05) is 25.8 Å². The van der Waals surface area contributed by atoms with Gasteiger partial charge in [0.2, 0.25) is 10.0 Å². The lowest BCUT2D eigenvalue weighted by Gasteiger charge is -2.11. The Labute approximate surface area is 200 Å². The van der Waals surface area contributed by atoms with Crippen LogP contribution in [0.4, 0.5) is 5.69 Å². The minimum absolute atomic E-state index is 0. The molecule has 0 saturated heterocycles. The zero-order valence-corrected chi connectivity index (χ0v) is 20.4. The van der Waals surface area contributed by atoms with Crippen molar-refractivity contribution in [3.05, 3.63) is 84.4 Å². The Hall–Kier alpha value is -2.63. The lowest BCUT2D eigenvalue weighted by molar-refractivity contribution is 0.483. The summed E-state index contributed by atoms with van der Waals surface area (Å²) in [6, 6.07) is 23.5. The van der Waals surface area contributed by atoms with Crippen molar-refractivity contribution < 1.29 is 13.2 Å². The molecule has 0 aromatic heterocycles. The third-order valence-corrected chi connectivity index (χ3v) is 6.05. The minimum atomic E-state index is -3.44. The summed E-state index contributed by atoms with van der Waals surface area (Å²) in [5.74, 6) is 1.67. The topological polar surface area (TPSA) is 97.0 Å². The van der Waals surface area contributed by atoms with Gasteiger partial charge in [0.25, 0.3) is 0 Å². The fraction of sp³-hybridized carbons (Fsp3) is 0.136. The molecule has 0 radical (unpaired) electrons. The van der Waals surface area contributed by atoms with Crippen LogP contribution in [0.15, 0.2) is 88.8 Å². The molecule has 164 valence electrons. The van der Waals surface area contributed by atoms with Crippen LogP contribution in [-0.2, 0) is 16.6 Å². The molecule has 0 aliphatic carbocycles. The number of rotatable bonds is 7. The highest BCUT2D eigenvalue weighted by atomic mass is 127. The van der Waals surface area contributed by atoms with E-state index in [0.29, 0.717) is 12.3 Å². The molecule has 9 heteroatoms. The van der Waals surface area contributed by atoms with Gasteiger partial charge in [0.1, 0.15) is 11.5 Å². The molecule has 7 nitrogen and oxygen atoms in total. The van der Waals surface area contributed by atoms with E-state index in [4.69, 9.17) is 10.5 Å². The van der Waals surface area contributed by atoms with Gasteiger partial charge < -0.3 is 15.8 Å². The van der Waals surface area contributed by atoms with Crippen LogP contribution in [0.5, 0.6) is 11.5 Å². The van der Waals surface area contributed by atoms with Crippen molar-refractivity contribution in [2.45, 2.75) is 11.4 Å². The molecule has 0 fully saturated rings. The van der Waals surface area contributed by atoms with Crippen LogP contribution in [0.2, 0.25) is 0 Å². The zero-order chi connectivity index (χ0) is 21.6. The second-order valence-electron chi connectivity index (χ2n) is 6.70. The van der Waals surface area contributed by atoms with Gasteiger partial charge in [-0.2, -0.15) is 0 Å². The molecule has 3 aromatic carbocycles. The molecular weight excluding hydrogens is 527 g/mol. The number of nitrogens with zero attached hydrogens (tertiary/aromatic N) is 2.